The van der Waals surface area contributed by atoms with Crippen LogP contribution in [0, 0.1) is 6.92 Å². The molecule has 1 heterocycles. The van der Waals surface area contributed by atoms with Gasteiger partial charge in [-0.2, -0.15) is 0 Å². The highest BCUT2D eigenvalue weighted by Gasteiger charge is 2.19. The van der Waals surface area contributed by atoms with E-state index in [2.05, 4.69) is 86.1 Å². The standard InChI is InChI=1S/C29H26N2/c1-4-12-22(5-2)29(27-18-11-17-26(30-27)24-14-7-6-8-15-24)31-28-21(3)19-20-23-13-9-10-16-25(23)28/h4-20,29,31H,1-2H2,3H3/b22-12+. The van der Waals surface area contributed by atoms with Crippen LogP contribution in [0.5, 0.6) is 0 Å². The number of aryl methyl sites for hydroxylation is 1. The van der Waals surface area contributed by atoms with Crippen molar-refractivity contribution < 1.29 is 0 Å². The fourth-order valence-electron chi connectivity index (χ4n) is 3.84. The number of hydrogen-bond donors (Lipinski definition) is 1. The van der Waals surface area contributed by atoms with E-state index in [1.807, 2.05) is 36.4 Å². The fourth-order valence-corrected chi connectivity index (χ4v) is 3.84. The summed E-state index contributed by atoms with van der Waals surface area (Å²) in [5.74, 6) is 0. The van der Waals surface area contributed by atoms with Gasteiger partial charge < -0.3 is 5.32 Å². The molecule has 1 N–H and O–H groups in total. The summed E-state index contributed by atoms with van der Waals surface area (Å²) in [7, 11) is 0. The zero-order valence-corrected chi connectivity index (χ0v) is 17.8. The molecule has 1 unspecified atom stereocenters. The first kappa shape index (κ1) is 20.4. The summed E-state index contributed by atoms with van der Waals surface area (Å²) in [6, 6.07) is 29.0. The van der Waals surface area contributed by atoms with Crippen molar-refractivity contribution in [3.05, 3.63) is 133 Å². The van der Waals surface area contributed by atoms with Crippen molar-refractivity contribution in [1.82, 2.24) is 4.98 Å². The summed E-state index contributed by atoms with van der Waals surface area (Å²) in [6.07, 6.45) is 5.65. The minimum atomic E-state index is -0.163. The summed E-state index contributed by atoms with van der Waals surface area (Å²) < 4.78 is 0. The molecule has 0 saturated heterocycles. The molecule has 0 saturated carbocycles. The van der Waals surface area contributed by atoms with Gasteiger partial charge in [0.1, 0.15) is 0 Å². The van der Waals surface area contributed by atoms with Crippen molar-refractivity contribution in [2.24, 2.45) is 0 Å². The van der Waals surface area contributed by atoms with Gasteiger partial charge in [0.25, 0.3) is 0 Å². The molecule has 0 aliphatic carbocycles. The maximum Gasteiger partial charge on any atom is 0.0940 e. The summed E-state index contributed by atoms with van der Waals surface area (Å²) in [4.78, 5) is 5.01. The second kappa shape index (κ2) is 9.27. The lowest BCUT2D eigenvalue weighted by Crippen LogP contribution is -2.15. The Morgan fingerprint density at radius 1 is 0.871 bits per heavy atom. The van der Waals surface area contributed by atoms with Gasteiger partial charge in [0.05, 0.1) is 17.4 Å². The van der Waals surface area contributed by atoms with E-state index in [0.717, 1.165) is 28.2 Å². The SMILES string of the molecule is C=C/C=C(\C=C)C(Nc1c(C)ccc2ccccc12)c1cccc(-c2ccccc2)n1. The largest absolute Gasteiger partial charge is 0.372 e. The molecule has 0 aliphatic heterocycles. The first-order valence-electron chi connectivity index (χ1n) is 10.4. The highest BCUT2D eigenvalue weighted by atomic mass is 15.0. The Morgan fingerprint density at radius 2 is 1.65 bits per heavy atom. The van der Waals surface area contributed by atoms with Gasteiger partial charge in [-0.1, -0.05) is 104 Å². The summed E-state index contributed by atoms with van der Waals surface area (Å²) >= 11 is 0. The van der Waals surface area contributed by atoms with Crippen LogP contribution in [0.3, 0.4) is 0 Å². The predicted octanol–water partition coefficient (Wildman–Crippen LogP) is 7.66. The fraction of sp³-hybridized carbons (Fsp3) is 0.0690. The number of nitrogens with zero attached hydrogens (tertiary/aromatic N) is 1. The molecule has 0 spiro atoms. The molecule has 0 amide bonds. The van der Waals surface area contributed by atoms with Crippen LogP contribution in [0.25, 0.3) is 22.0 Å². The van der Waals surface area contributed by atoms with Crippen molar-refractivity contribution in [1.29, 1.82) is 0 Å². The van der Waals surface area contributed by atoms with Crippen LogP contribution in [0.15, 0.2) is 122 Å². The molecule has 4 rings (SSSR count). The monoisotopic (exact) mass is 402 g/mol. The van der Waals surface area contributed by atoms with Crippen LogP contribution in [-0.4, -0.2) is 4.98 Å². The molecule has 2 heteroatoms. The van der Waals surface area contributed by atoms with Crippen LogP contribution < -0.4 is 5.32 Å². The van der Waals surface area contributed by atoms with Gasteiger partial charge in [0.15, 0.2) is 0 Å². The molecule has 0 aliphatic rings. The van der Waals surface area contributed by atoms with Gasteiger partial charge in [0, 0.05) is 16.6 Å². The topological polar surface area (TPSA) is 24.9 Å². The maximum atomic E-state index is 5.01. The average molecular weight is 403 g/mol. The highest BCUT2D eigenvalue weighted by molar-refractivity contribution is 5.95. The number of fused-ring (bicyclic) bond motifs is 1. The summed E-state index contributed by atoms with van der Waals surface area (Å²) in [5.41, 5.74) is 6.28. The van der Waals surface area contributed by atoms with Gasteiger partial charge in [-0.25, -0.2) is 0 Å². The normalized spacial score (nSPS) is 12.4. The Bertz CT molecular complexity index is 1250. The second-order valence-electron chi connectivity index (χ2n) is 7.48. The Morgan fingerprint density at radius 3 is 2.42 bits per heavy atom. The lowest BCUT2D eigenvalue weighted by Gasteiger charge is -2.24. The van der Waals surface area contributed by atoms with Crippen molar-refractivity contribution in [3.63, 3.8) is 0 Å². The van der Waals surface area contributed by atoms with E-state index in [1.54, 1.807) is 6.08 Å². The molecular formula is C29H26N2. The van der Waals surface area contributed by atoms with Crippen molar-refractivity contribution in [3.8, 4) is 11.3 Å². The molecule has 31 heavy (non-hydrogen) atoms. The Hall–Kier alpha value is -3.91. The number of hydrogen-bond acceptors (Lipinski definition) is 2. The molecule has 2 nitrogen and oxygen atoms in total. The third-order valence-electron chi connectivity index (χ3n) is 5.44. The lowest BCUT2D eigenvalue weighted by molar-refractivity contribution is 0.889. The molecule has 1 atom stereocenters. The van der Waals surface area contributed by atoms with E-state index in [0.29, 0.717) is 0 Å². The third-order valence-corrected chi connectivity index (χ3v) is 5.44. The highest BCUT2D eigenvalue weighted by Crippen LogP contribution is 2.34. The molecular weight excluding hydrogens is 376 g/mol. The molecule has 1 aromatic heterocycles. The van der Waals surface area contributed by atoms with Crippen LogP contribution >= 0.6 is 0 Å². The van der Waals surface area contributed by atoms with E-state index in [4.69, 9.17) is 4.98 Å². The Balaban J connectivity index is 1.84. The van der Waals surface area contributed by atoms with Gasteiger partial charge >= 0.3 is 0 Å². The van der Waals surface area contributed by atoms with Crippen LogP contribution in [-0.2, 0) is 0 Å². The molecule has 3 aromatic carbocycles. The van der Waals surface area contributed by atoms with Gasteiger partial charge in [-0.3, -0.25) is 4.98 Å². The van der Waals surface area contributed by atoms with E-state index in [1.165, 1.54) is 16.3 Å². The number of pyridine rings is 1. The van der Waals surface area contributed by atoms with E-state index in [-0.39, 0.29) is 6.04 Å². The van der Waals surface area contributed by atoms with Crippen molar-refractivity contribution in [2.75, 3.05) is 5.32 Å². The van der Waals surface area contributed by atoms with Crippen molar-refractivity contribution in [2.45, 2.75) is 13.0 Å². The van der Waals surface area contributed by atoms with Gasteiger partial charge in [0.2, 0.25) is 0 Å². The van der Waals surface area contributed by atoms with Crippen LogP contribution in [0.2, 0.25) is 0 Å². The summed E-state index contributed by atoms with van der Waals surface area (Å²) in [6.45, 7) is 10.1. The Kier molecular flexibility index (Phi) is 6.09. The molecule has 0 bridgehead atoms. The molecule has 0 radical (unpaired) electrons. The van der Waals surface area contributed by atoms with Crippen molar-refractivity contribution >= 4 is 16.5 Å². The number of nitrogens with one attached hydrogen (secondary N) is 1. The number of allylic oxidation sites excluding steroid dienone is 2. The minimum absolute atomic E-state index is 0.163. The lowest BCUT2D eigenvalue weighted by atomic mass is 9.98. The quantitative estimate of drug-likeness (QED) is 0.321. The van der Waals surface area contributed by atoms with Crippen LogP contribution in [0.1, 0.15) is 17.3 Å². The zero-order valence-electron chi connectivity index (χ0n) is 17.8. The maximum absolute atomic E-state index is 5.01. The third kappa shape index (κ3) is 4.34. The second-order valence-corrected chi connectivity index (χ2v) is 7.48. The average Bonchev–Trinajstić information content (AvgIpc) is 2.83. The van der Waals surface area contributed by atoms with Gasteiger partial charge in [-0.05, 0) is 35.6 Å². The number of rotatable bonds is 7. The molecule has 0 fully saturated rings. The van der Waals surface area contributed by atoms with E-state index in [9.17, 15) is 0 Å². The smallest absolute Gasteiger partial charge is 0.0940 e. The molecule has 152 valence electrons. The Labute approximate surface area is 184 Å². The predicted molar refractivity (Wildman–Crippen MR) is 133 cm³/mol. The minimum Gasteiger partial charge on any atom is -0.372 e. The number of anilines is 1. The summed E-state index contributed by atoms with van der Waals surface area (Å²) in [5, 5.41) is 6.16. The van der Waals surface area contributed by atoms with E-state index >= 15 is 0 Å². The van der Waals surface area contributed by atoms with Crippen LogP contribution in [0.4, 0.5) is 5.69 Å². The first-order chi connectivity index (χ1) is 15.2. The molecule has 4 aromatic rings. The van der Waals surface area contributed by atoms with E-state index < -0.39 is 0 Å². The number of aromatic nitrogens is 1. The number of benzene rings is 3. The zero-order chi connectivity index (χ0) is 21.6. The van der Waals surface area contributed by atoms with Gasteiger partial charge in [-0.15, -0.1) is 0 Å². The first-order valence-corrected chi connectivity index (χ1v) is 10.4.